The van der Waals surface area contributed by atoms with Crippen LogP contribution in [0, 0.1) is 13.8 Å². The number of aromatic nitrogens is 2. The summed E-state index contributed by atoms with van der Waals surface area (Å²) < 4.78 is 16.4. The van der Waals surface area contributed by atoms with Crippen LogP contribution < -0.4 is 4.74 Å². The average Bonchev–Trinajstić information content (AvgIpc) is 3.25. The molecule has 0 amide bonds. The van der Waals surface area contributed by atoms with E-state index in [4.69, 9.17) is 13.7 Å². The molecule has 2 aromatic carbocycles. The maximum Gasteiger partial charge on any atom is 0.251 e. The van der Waals surface area contributed by atoms with E-state index < -0.39 is 0 Å². The van der Waals surface area contributed by atoms with Gasteiger partial charge in [-0.25, -0.2) is 0 Å². The van der Waals surface area contributed by atoms with Crippen molar-refractivity contribution in [2.45, 2.75) is 13.8 Å². The van der Waals surface area contributed by atoms with Gasteiger partial charge in [0, 0.05) is 17.0 Å². The van der Waals surface area contributed by atoms with E-state index in [-0.39, 0.29) is 0 Å². The van der Waals surface area contributed by atoms with E-state index in [0.29, 0.717) is 17.5 Å². The zero-order chi connectivity index (χ0) is 18.1. The van der Waals surface area contributed by atoms with Crippen LogP contribution in [0.1, 0.15) is 22.6 Å². The molecule has 5 nitrogen and oxygen atoms in total. The molecule has 0 aliphatic rings. The fourth-order valence-corrected chi connectivity index (χ4v) is 2.83. The molecule has 0 aliphatic carbocycles. The third kappa shape index (κ3) is 2.99. The Morgan fingerprint density at radius 1 is 1.00 bits per heavy atom. The predicted octanol–water partition coefficient (Wildman–Crippen LogP) is 5.28. The van der Waals surface area contributed by atoms with Gasteiger partial charge in [0.25, 0.3) is 5.89 Å². The third-order valence-electron chi connectivity index (χ3n) is 4.27. The van der Waals surface area contributed by atoms with Crippen molar-refractivity contribution in [2.24, 2.45) is 0 Å². The van der Waals surface area contributed by atoms with E-state index in [1.807, 2.05) is 49.4 Å². The predicted molar refractivity (Wildman–Crippen MR) is 101 cm³/mol. The summed E-state index contributed by atoms with van der Waals surface area (Å²) in [6.45, 7) is 4.06. The van der Waals surface area contributed by atoms with E-state index in [0.717, 1.165) is 27.8 Å². The van der Waals surface area contributed by atoms with Crippen LogP contribution in [0.4, 0.5) is 0 Å². The summed E-state index contributed by atoms with van der Waals surface area (Å²) in [7, 11) is 1.65. The molecule has 0 unspecified atom stereocenters. The molecule has 0 radical (unpaired) electrons. The highest BCUT2D eigenvalue weighted by Gasteiger charge is 2.17. The van der Waals surface area contributed by atoms with Crippen LogP contribution in [-0.2, 0) is 0 Å². The molecule has 4 aromatic rings. The molecule has 130 valence electrons. The highest BCUT2D eigenvalue weighted by molar-refractivity contribution is 5.87. The number of aryl methyl sites for hydroxylation is 2. The molecular formula is C21H18N2O3. The molecule has 2 heterocycles. The molecule has 26 heavy (non-hydrogen) atoms. The maximum absolute atomic E-state index is 5.92. The van der Waals surface area contributed by atoms with Crippen molar-refractivity contribution < 1.29 is 13.7 Å². The van der Waals surface area contributed by atoms with Crippen molar-refractivity contribution in [2.75, 3.05) is 7.11 Å². The van der Waals surface area contributed by atoms with Crippen molar-refractivity contribution in [3.05, 3.63) is 65.0 Å². The molecule has 0 atom stereocenters. The Bertz CT molecular complexity index is 1090. The first kappa shape index (κ1) is 16.1. The first-order chi connectivity index (χ1) is 12.6. The van der Waals surface area contributed by atoms with Gasteiger partial charge in [-0.15, -0.1) is 0 Å². The summed E-state index contributed by atoms with van der Waals surface area (Å²) in [5, 5.41) is 5.12. The lowest BCUT2D eigenvalue weighted by molar-refractivity contribution is 0.409. The number of furan rings is 1. The quantitative estimate of drug-likeness (QED) is 0.503. The Balaban J connectivity index is 1.61. The second-order valence-corrected chi connectivity index (χ2v) is 6.12. The fraction of sp³-hybridized carbons (Fsp3) is 0.143. The highest BCUT2D eigenvalue weighted by Crippen LogP contribution is 2.32. The van der Waals surface area contributed by atoms with Crippen molar-refractivity contribution >= 4 is 23.1 Å². The molecule has 0 spiro atoms. The number of hydrogen-bond acceptors (Lipinski definition) is 5. The van der Waals surface area contributed by atoms with Crippen molar-refractivity contribution in [3.63, 3.8) is 0 Å². The number of fused-ring (bicyclic) bond motifs is 1. The largest absolute Gasteiger partial charge is 0.497 e. The Labute approximate surface area is 150 Å². The van der Waals surface area contributed by atoms with E-state index in [1.165, 1.54) is 5.56 Å². The summed E-state index contributed by atoms with van der Waals surface area (Å²) >= 11 is 0. The van der Waals surface area contributed by atoms with Crippen LogP contribution in [0.3, 0.4) is 0 Å². The normalized spacial score (nSPS) is 11.5. The lowest BCUT2D eigenvalue weighted by atomic mass is 10.1. The molecule has 0 aliphatic heterocycles. The minimum atomic E-state index is 0.423. The number of rotatable bonds is 4. The Morgan fingerprint density at radius 3 is 2.58 bits per heavy atom. The van der Waals surface area contributed by atoms with Gasteiger partial charge in [0.05, 0.1) is 7.11 Å². The van der Waals surface area contributed by atoms with Gasteiger partial charge in [0.15, 0.2) is 5.76 Å². The van der Waals surface area contributed by atoms with Crippen LogP contribution in [0.25, 0.3) is 34.7 Å². The van der Waals surface area contributed by atoms with E-state index in [1.54, 1.807) is 13.2 Å². The van der Waals surface area contributed by atoms with E-state index in [9.17, 15) is 0 Å². The summed E-state index contributed by atoms with van der Waals surface area (Å²) in [6.07, 6.45) is 3.69. The number of methoxy groups -OCH3 is 1. The van der Waals surface area contributed by atoms with Gasteiger partial charge >= 0.3 is 0 Å². The van der Waals surface area contributed by atoms with E-state index >= 15 is 0 Å². The molecule has 0 N–H and O–H groups in total. The maximum atomic E-state index is 5.92. The summed E-state index contributed by atoms with van der Waals surface area (Å²) in [6, 6.07) is 13.8. The fourth-order valence-electron chi connectivity index (χ4n) is 2.83. The van der Waals surface area contributed by atoms with Crippen molar-refractivity contribution in [1.82, 2.24) is 10.1 Å². The van der Waals surface area contributed by atoms with Gasteiger partial charge in [-0.2, -0.15) is 4.98 Å². The summed E-state index contributed by atoms with van der Waals surface area (Å²) in [5.74, 6) is 2.33. The van der Waals surface area contributed by atoms with Crippen LogP contribution in [0.2, 0.25) is 0 Å². The molecular weight excluding hydrogens is 328 g/mol. The lowest BCUT2D eigenvalue weighted by Crippen LogP contribution is -1.81. The number of benzene rings is 2. The smallest absolute Gasteiger partial charge is 0.251 e. The standard InChI is InChI=1S/C21H18N2O3/c1-13-4-10-18-17(12-13)14(2)20(25-18)21-22-19(26-23-21)11-7-15-5-8-16(24-3)9-6-15/h4-12H,1-3H3/b11-7+. The summed E-state index contributed by atoms with van der Waals surface area (Å²) in [4.78, 5) is 4.42. The van der Waals surface area contributed by atoms with Crippen LogP contribution in [0.5, 0.6) is 5.75 Å². The monoisotopic (exact) mass is 346 g/mol. The van der Waals surface area contributed by atoms with Gasteiger partial charge in [-0.1, -0.05) is 28.9 Å². The highest BCUT2D eigenvalue weighted by atomic mass is 16.5. The lowest BCUT2D eigenvalue weighted by Gasteiger charge is -1.98. The second kappa shape index (κ2) is 6.52. The molecule has 5 heteroatoms. The second-order valence-electron chi connectivity index (χ2n) is 6.12. The third-order valence-corrected chi connectivity index (χ3v) is 4.27. The molecule has 0 fully saturated rings. The topological polar surface area (TPSA) is 61.3 Å². The number of ether oxygens (including phenoxy) is 1. The average molecular weight is 346 g/mol. The first-order valence-electron chi connectivity index (χ1n) is 8.30. The van der Waals surface area contributed by atoms with Crippen molar-refractivity contribution in [3.8, 4) is 17.3 Å². The molecule has 4 rings (SSSR count). The Morgan fingerprint density at radius 2 is 1.81 bits per heavy atom. The zero-order valence-electron chi connectivity index (χ0n) is 14.8. The molecule has 0 saturated heterocycles. The number of nitrogens with zero attached hydrogens (tertiary/aromatic N) is 2. The van der Waals surface area contributed by atoms with Gasteiger partial charge in [0.1, 0.15) is 11.3 Å². The van der Waals surface area contributed by atoms with Crippen LogP contribution >= 0.6 is 0 Å². The zero-order valence-corrected chi connectivity index (χ0v) is 14.8. The number of hydrogen-bond donors (Lipinski definition) is 0. The van der Waals surface area contributed by atoms with Gasteiger partial charge < -0.3 is 13.7 Å². The molecule has 0 saturated carbocycles. The van der Waals surface area contributed by atoms with Gasteiger partial charge in [0.2, 0.25) is 5.82 Å². The van der Waals surface area contributed by atoms with Crippen molar-refractivity contribution in [1.29, 1.82) is 0 Å². The Kier molecular flexibility index (Phi) is 4.05. The Hall–Kier alpha value is -3.34. The van der Waals surface area contributed by atoms with Gasteiger partial charge in [-0.05, 0) is 49.8 Å². The molecule has 2 aromatic heterocycles. The SMILES string of the molecule is COc1ccc(/C=C/c2nc(-c3oc4ccc(C)cc4c3C)no2)cc1. The van der Waals surface area contributed by atoms with Gasteiger partial charge in [-0.3, -0.25) is 0 Å². The first-order valence-corrected chi connectivity index (χ1v) is 8.30. The molecule has 0 bridgehead atoms. The van der Waals surface area contributed by atoms with Crippen LogP contribution in [0.15, 0.2) is 51.4 Å². The van der Waals surface area contributed by atoms with Crippen LogP contribution in [-0.4, -0.2) is 17.3 Å². The minimum absolute atomic E-state index is 0.423. The summed E-state index contributed by atoms with van der Waals surface area (Å²) in [5.41, 5.74) is 4.03. The van der Waals surface area contributed by atoms with E-state index in [2.05, 4.69) is 23.1 Å². The minimum Gasteiger partial charge on any atom is -0.497 e.